The van der Waals surface area contributed by atoms with E-state index in [2.05, 4.69) is 10.4 Å². The van der Waals surface area contributed by atoms with Crippen molar-refractivity contribution in [3.63, 3.8) is 0 Å². The quantitative estimate of drug-likeness (QED) is 0.238. The van der Waals surface area contributed by atoms with Crippen molar-refractivity contribution in [3.05, 3.63) is 110 Å². The predicted molar refractivity (Wildman–Crippen MR) is 150 cm³/mol. The second-order valence-corrected chi connectivity index (χ2v) is 10.3. The lowest BCUT2D eigenvalue weighted by Gasteiger charge is -2.14. The van der Waals surface area contributed by atoms with Crippen molar-refractivity contribution in [2.45, 2.75) is 13.1 Å². The third-order valence-corrected chi connectivity index (χ3v) is 7.26. The fourth-order valence-electron chi connectivity index (χ4n) is 4.20. The lowest BCUT2D eigenvalue weighted by Crippen LogP contribution is -2.27. The molecule has 0 bridgehead atoms. The van der Waals surface area contributed by atoms with Crippen LogP contribution in [0.25, 0.3) is 11.3 Å². The van der Waals surface area contributed by atoms with Gasteiger partial charge in [-0.2, -0.15) is 9.78 Å². The molecule has 12 heteroatoms. The van der Waals surface area contributed by atoms with Gasteiger partial charge in [-0.05, 0) is 42.5 Å². The maximum absolute atomic E-state index is 13.6. The number of carbonyl (C=O) groups excluding carboxylic acids is 2. The molecule has 0 unspecified atom stereocenters. The molecular formula is C28H23ClN4O6S. The van der Waals surface area contributed by atoms with Crippen LogP contribution >= 0.6 is 22.9 Å². The Kier molecular flexibility index (Phi) is 7.85. The van der Waals surface area contributed by atoms with Crippen LogP contribution in [0, 0.1) is 0 Å². The van der Waals surface area contributed by atoms with Crippen LogP contribution in [-0.2, 0) is 17.8 Å². The van der Waals surface area contributed by atoms with E-state index in [0.717, 1.165) is 4.88 Å². The van der Waals surface area contributed by atoms with Gasteiger partial charge in [0.25, 0.3) is 11.5 Å². The Morgan fingerprint density at radius 3 is 2.50 bits per heavy atom. The van der Waals surface area contributed by atoms with Gasteiger partial charge in [0.2, 0.25) is 0 Å². The maximum atomic E-state index is 13.6. The minimum Gasteiger partial charge on any atom is -0.491 e. The van der Waals surface area contributed by atoms with Gasteiger partial charge in [0, 0.05) is 22.1 Å². The number of aromatic nitrogens is 3. The van der Waals surface area contributed by atoms with Gasteiger partial charge < -0.3 is 19.2 Å². The van der Waals surface area contributed by atoms with Crippen molar-refractivity contribution in [2.75, 3.05) is 19.5 Å². The predicted octanol–water partition coefficient (Wildman–Crippen LogP) is 5.16. The smallest absolute Gasteiger partial charge is 0.355 e. The number of anilines is 1. The van der Waals surface area contributed by atoms with Crippen LogP contribution in [0.3, 0.4) is 0 Å². The van der Waals surface area contributed by atoms with E-state index in [4.69, 9.17) is 25.5 Å². The zero-order chi connectivity index (χ0) is 28.2. The van der Waals surface area contributed by atoms with E-state index in [1.165, 1.54) is 53.2 Å². The highest BCUT2D eigenvalue weighted by atomic mass is 35.5. The number of benzene rings is 1. The number of furan rings is 1. The van der Waals surface area contributed by atoms with Gasteiger partial charge in [-0.25, -0.2) is 4.79 Å². The number of esters is 1. The minimum absolute atomic E-state index is 0.0275. The van der Waals surface area contributed by atoms with Crippen molar-refractivity contribution < 1.29 is 23.5 Å². The Bertz CT molecular complexity index is 1720. The van der Waals surface area contributed by atoms with Gasteiger partial charge in [-0.3, -0.25) is 14.2 Å². The molecule has 1 aromatic carbocycles. The molecule has 0 atom stereocenters. The van der Waals surface area contributed by atoms with E-state index >= 15 is 0 Å². The summed E-state index contributed by atoms with van der Waals surface area (Å²) >= 11 is 7.49. The van der Waals surface area contributed by atoms with Gasteiger partial charge in [-0.15, -0.1) is 11.3 Å². The molecular weight excluding hydrogens is 556 g/mol. The molecule has 5 aromatic rings. The average molecular weight is 579 g/mol. The zero-order valence-corrected chi connectivity index (χ0v) is 23.0. The van der Waals surface area contributed by atoms with Crippen LogP contribution in [0.2, 0.25) is 4.34 Å². The van der Waals surface area contributed by atoms with Gasteiger partial charge in [-0.1, -0.05) is 29.8 Å². The highest BCUT2D eigenvalue weighted by Gasteiger charge is 2.29. The largest absolute Gasteiger partial charge is 0.491 e. The van der Waals surface area contributed by atoms with Gasteiger partial charge in [0.05, 0.1) is 37.9 Å². The van der Waals surface area contributed by atoms with E-state index in [1.54, 1.807) is 48.5 Å². The standard InChI is InChI=1S/C28H23ClN4O6S/c1-37-25-23(20-11-13-22(34)32(24(20)28(36)38-2)16-18-9-6-14-39-18)31-33(27(35)17-7-4-3-5-8-17)26(25)30-15-19-10-12-21(29)40-19/h3-14,30H,15-16H2,1-2H3. The van der Waals surface area contributed by atoms with Crippen LogP contribution in [0.1, 0.15) is 31.5 Å². The molecule has 0 radical (unpaired) electrons. The van der Waals surface area contributed by atoms with E-state index < -0.39 is 17.4 Å². The number of methoxy groups -OCH3 is 2. The first-order chi connectivity index (χ1) is 19.4. The number of nitrogens with one attached hydrogen (secondary N) is 1. The number of rotatable bonds is 9. The van der Waals surface area contributed by atoms with Crippen molar-refractivity contribution in [3.8, 4) is 17.0 Å². The van der Waals surface area contributed by atoms with Crippen molar-refractivity contribution >= 4 is 40.6 Å². The average Bonchev–Trinajstić information content (AvgIpc) is 3.72. The Labute approximate surface area is 237 Å². The second kappa shape index (κ2) is 11.6. The summed E-state index contributed by atoms with van der Waals surface area (Å²) in [6.45, 7) is 0.295. The Hall–Kier alpha value is -4.61. The Morgan fingerprint density at radius 2 is 1.85 bits per heavy atom. The fourth-order valence-corrected chi connectivity index (χ4v) is 5.23. The first kappa shape index (κ1) is 27.0. The molecule has 4 aromatic heterocycles. The first-order valence-corrected chi connectivity index (χ1v) is 13.2. The molecule has 1 N–H and O–H groups in total. The molecule has 0 aliphatic rings. The summed E-state index contributed by atoms with van der Waals surface area (Å²) in [6, 6.07) is 18.4. The van der Waals surface area contributed by atoms with E-state index in [9.17, 15) is 14.4 Å². The SMILES string of the molecule is COC(=O)c1c(-c2nn(C(=O)c3ccccc3)c(NCc3ccc(Cl)s3)c2OC)ccc(=O)n1Cc1ccco1. The van der Waals surface area contributed by atoms with Crippen molar-refractivity contribution in [1.82, 2.24) is 14.3 Å². The molecule has 5 rings (SSSR count). The molecule has 204 valence electrons. The topological polar surface area (TPSA) is 118 Å². The molecule has 0 aliphatic carbocycles. The zero-order valence-electron chi connectivity index (χ0n) is 21.4. The molecule has 0 amide bonds. The van der Waals surface area contributed by atoms with Crippen LogP contribution in [0.5, 0.6) is 5.75 Å². The lowest BCUT2D eigenvalue weighted by molar-refractivity contribution is 0.0588. The van der Waals surface area contributed by atoms with Crippen molar-refractivity contribution in [2.24, 2.45) is 0 Å². The monoisotopic (exact) mass is 578 g/mol. The molecule has 0 aliphatic heterocycles. The van der Waals surface area contributed by atoms with Crippen LogP contribution in [-0.4, -0.2) is 40.4 Å². The minimum atomic E-state index is -0.770. The number of ether oxygens (including phenoxy) is 2. The third-order valence-electron chi connectivity index (χ3n) is 6.03. The molecule has 0 saturated carbocycles. The van der Waals surface area contributed by atoms with Crippen molar-refractivity contribution in [1.29, 1.82) is 0 Å². The van der Waals surface area contributed by atoms with E-state index in [1.807, 2.05) is 6.07 Å². The van der Waals surface area contributed by atoms with E-state index in [-0.39, 0.29) is 35.1 Å². The summed E-state index contributed by atoms with van der Waals surface area (Å²) in [5, 5.41) is 7.84. The van der Waals surface area contributed by atoms with Gasteiger partial charge in [0.15, 0.2) is 11.6 Å². The molecule has 40 heavy (non-hydrogen) atoms. The molecule has 0 spiro atoms. The molecule has 0 fully saturated rings. The highest BCUT2D eigenvalue weighted by Crippen LogP contribution is 2.39. The normalized spacial score (nSPS) is 10.9. The summed E-state index contributed by atoms with van der Waals surface area (Å²) < 4.78 is 19.3. The number of halogens is 1. The number of hydrogen-bond donors (Lipinski definition) is 1. The van der Waals surface area contributed by atoms with E-state index in [0.29, 0.717) is 22.2 Å². The third kappa shape index (κ3) is 5.29. The van der Waals surface area contributed by atoms with Gasteiger partial charge in [0.1, 0.15) is 17.1 Å². The fraction of sp³-hybridized carbons (Fsp3) is 0.143. The van der Waals surface area contributed by atoms with Crippen LogP contribution < -0.4 is 15.6 Å². The number of thiophene rings is 1. The summed E-state index contributed by atoms with van der Waals surface area (Å²) in [5.41, 5.74) is 0.256. The maximum Gasteiger partial charge on any atom is 0.355 e. The summed E-state index contributed by atoms with van der Waals surface area (Å²) in [7, 11) is 2.65. The second-order valence-electron chi connectivity index (χ2n) is 8.46. The first-order valence-electron chi connectivity index (χ1n) is 12.0. The van der Waals surface area contributed by atoms with Crippen LogP contribution in [0.15, 0.2) is 82.2 Å². The number of carbonyl (C=O) groups is 2. The number of nitrogens with zero attached hydrogens (tertiary/aromatic N) is 3. The Morgan fingerprint density at radius 1 is 1.05 bits per heavy atom. The summed E-state index contributed by atoms with van der Waals surface area (Å²) in [5.74, 6) is -0.290. The molecule has 4 heterocycles. The highest BCUT2D eigenvalue weighted by molar-refractivity contribution is 7.16. The number of pyridine rings is 1. The molecule has 10 nitrogen and oxygen atoms in total. The number of hydrogen-bond acceptors (Lipinski definition) is 9. The van der Waals surface area contributed by atoms with Crippen LogP contribution in [0.4, 0.5) is 5.82 Å². The Balaban J connectivity index is 1.70. The van der Waals surface area contributed by atoms with Gasteiger partial charge >= 0.3 is 5.97 Å². The summed E-state index contributed by atoms with van der Waals surface area (Å²) in [4.78, 5) is 40.6. The molecule has 0 saturated heterocycles. The lowest BCUT2D eigenvalue weighted by atomic mass is 10.1. The summed E-state index contributed by atoms with van der Waals surface area (Å²) in [6.07, 6.45) is 1.47.